The van der Waals surface area contributed by atoms with E-state index in [2.05, 4.69) is 28.5 Å². The molecule has 2 aromatic rings. The predicted molar refractivity (Wildman–Crippen MR) is 81.4 cm³/mol. The standard InChI is InChI=1S/C16H19N3O2.2ClH/c1-2-21-16(20)19-15-9-8-13(10-14(15)17)18-11-12-6-4-3-5-7-12;;/h3-10,18H,2,11,17H2,1H3,(H,19,20);2*1H. The van der Waals surface area contributed by atoms with E-state index in [1.807, 2.05) is 36.4 Å². The second-order valence-electron chi connectivity index (χ2n) is 4.66. The Morgan fingerprint density at radius 3 is 2.48 bits per heavy atom. The summed E-state index contributed by atoms with van der Waals surface area (Å²) >= 11 is 0. The summed E-state index contributed by atoms with van der Waals surface area (Å²) in [4.78, 5) is 11.4. The quantitative estimate of drug-likeness (QED) is 0.471. The summed E-state index contributed by atoms with van der Waals surface area (Å²) in [5.41, 5.74) is 7.74. The van der Waals surface area contributed by atoms with Crippen molar-refractivity contribution in [2.24, 2.45) is 0 Å². The highest BCUT2D eigenvalue weighted by atomic mass is 35.5. The number of rotatable bonds is 5. The SMILES string of the molecule is CCOC(=O)Nc1ccc([NH2+]Cc2ccccc2)cc1[NH3+].[Cl-].[Cl-]. The van der Waals surface area contributed by atoms with Crippen LogP contribution in [0.15, 0.2) is 48.5 Å². The van der Waals surface area contributed by atoms with E-state index >= 15 is 0 Å². The van der Waals surface area contributed by atoms with Crippen molar-refractivity contribution in [1.29, 1.82) is 0 Å². The number of carbonyl (C=O) groups excluding carboxylic acids is 1. The average molecular weight is 358 g/mol. The van der Waals surface area contributed by atoms with E-state index in [-0.39, 0.29) is 24.8 Å². The Kier molecular flexibility index (Phi) is 10.0. The number of halogens is 2. The van der Waals surface area contributed by atoms with Gasteiger partial charge in [0.2, 0.25) is 0 Å². The second-order valence-corrected chi connectivity index (χ2v) is 4.66. The Labute approximate surface area is 148 Å². The summed E-state index contributed by atoms with van der Waals surface area (Å²) in [5.74, 6) is 0. The largest absolute Gasteiger partial charge is 1.00 e. The molecule has 0 spiro atoms. The molecule has 6 N–H and O–H groups in total. The zero-order valence-electron chi connectivity index (χ0n) is 12.9. The number of carbonyl (C=O) groups is 1. The minimum atomic E-state index is -0.455. The Morgan fingerprint density at radius 1 is 1.17 bits per heavy atom. The van der Waals surface area contributed by atoms with Gasteiger partial charge in [0, 0.05) is 11.6 Å². The van der Waals surface area contributed by atoms with Gasteiger partial charge in [-0.15, -0.1) is 0 Å². The number of amides is 1. The third-order valence-corrected chi connectivity index (χ3v) is 3.06. The van der Waals surface area contributed by atoms with Gasteiger partial charge in [0.1, 0.15) is 17.9 Å². The van der Waals surface area contributed by atoms with Crippen molar-refractivity contribution in [1.82, 2.24) is 0 Å². The number of benzene rings is 2. The highest BCUT2D eigenvalue weighted by Gasteiger charge is 2.10. The Balaban J connectivity index is 0.00000242. The minimum Gasteiger partial charge on any atom is -1.00 e. The summed E-state index contributed by atoms with van der Waals surface area (Å²) in [6.07, 6.45) is -0.455. The molecule has 23 heavy (non-hydrogen) atoms. The first kappa shape index (κ1) is 21.2. The van der Waals surface area contributed by atoms with Crippen molar-refractivity contribution in [3.05, 3.63) is 54.1 Å². The molecule has 0 saturated carbocycles. The molecule has 2 aromatic carbocycles. The van der Waals surface area contributed by atoms with Crippen molar-refractivity contribution in [2.75, 3.05) is 11.9 Å². The predicted octanol–water partition coefficient (Wildman–Crippen LogP) is -4.47. The van der Waals surface area contributed by atoms with Crippen LogP contribution in [0.2, 0.25) is 0 Å². The van der Waals surface area contributed by atoms with Crippen LogP contribution >= 0.6 is 0 Å². The van der Waals surface area contributed by atoms with Gasteiger partial charge in [-0.2, -0.15) is 0 Å². The monoisotopic (exact) mass is 357 g/mol. The maximum Gasteiger partial charge on any atom is 0.411 e. The van der Waals surface area contributed by atoms with Gasteiger partial charge < -0.3 is 40.6 Å². The first-order chi connectivity index (χ1) is 10.2. The van der Waals surface area contributed by atoms with E-state index < -0.39 is 6.09 Å². The lowest BCUT2D eigenvalue weighted by molar-refractivity contribution is -0.588. The van der Waals surface area contributed by atoms with Crippen molar-refractivity contribution in [3.63, 3.8) is 0 Å². The van der Waals surface area contributed by atoms with Gasteiger partial charge in [-0.3, -0.25) is 5.32 Å². The smallest absolute Gasteiger partial charge is 0.411 e. The van der Waals surface area contributed by atoms with Gasteiger partial charge in [0.25, 0.3) is 0 Å². The molecule has 0 bridgehead atoms. The van der Waals surface area contributed by atoms with Crippen LogP contribution in [-0.2, 0) is 11.3 Å². The van der Waals surface area contributed by atoms with E-state index in [0.29, 0.717) is 12.3 Å². The lowest BCUT2D eigenvalue weighted by Gasteiger charge is -2.07. The molecule has 0 aliphatic carbocycles. The molecule has 2 rings (SSSR count). The highest BCUT2D eigenvalue weighted by Crippen LogP contribution is 2.19. The fourth-order valence-electron chi connectivity index (χ4n) is 1.99. The molecule has 7 heteroatoms. The summed E-state index contributed by atoms with van der Waals surface area (Å²) in [5, 5.41) is 4.81. The number of hydrogen-bond donors (Lipinski definition) is 3. The number of hydrogen-bond acceptors (Lipinski definition) is 2. The van der Waals surface area contributed by atoms with Gasteiger partial charge in [0.15, 0.2) is 5.69 Å². The van der Waals surface area contributed by atoms with Gasteiger partial charge in [-0.1, -0.05) is 30.3 Å². The fourth-order valence-corrected chi connectivity index (χ4v) is 1.99. The van der Waals surface area contributed by atoms with Crippen molar-refractivity contribution in [2.45, 2.75) is 13.5 Å². The van der Waals surface area contributed by atoms with E-state index in [1.165, 1.54) is 5.56 Å². The molecule has 126 valence electrons. The summed E-state index contributed by atoms with van der Waals surface area (Å²) in [6, 6.07) is 16.0. The number of nitrogens with two attached hydrogens (primary N) is 1. The van der Waals surface area contributed by atoms with Crippen LogP contribution in [0.3, 0.4) is 0 Å². The van der Waals surface area contributed by atoms with Crippen LogP contribution in [0.1, 0.15) is 12.5 Å². The molecular weight excluding hydrogens is 337 g/mol. The van der Waals surface area contributed by atoms with Crippen LogP contribution in [0.25, 0.3) is 0 Å². The van der Waals surface area contributed by atoms with Crippen LogP contribution in [0, 0.1) is 0 Å². The van der Waals surface area contributed by atoms with Crippen LogP contribution in [0.5, 0.6) is 0 Å². The van der Waals surface area contributed by atoms with E-state index in [1.54, 1.807) is 6.92 Å². The van der Waals surface area contributed by atoms with E-state index in [9.17, 15) is 4.79 Å². The fraction of sp³-hybridized carbons (Fsp3) is 0.188. The van der Waals surface area contributed by atoms with E-state index in [0.717, 1.165) is 17.9 Å². The lowest BCUT2D eigenvalue weighted by atomic mass is 10.2. The number of quaternary nitrogens is 2. The molecular formula is C16H21Cl2N3O2. The zero-order valence-corrected chi connectivity index (χ0v) is 14.4. The minimum absolute atomic E-state index is 0. The van der Waals surface area contributed by atoms with Crippen LogP contribution in [-0.4, -0.2) is 12.7 Å². The third kappa shape index (κ3) is 6.88. The van der Waals surface area contributed by atoms with Crippen molar-refractivity contribution in [3.8, 4) is 0 Å². The molecule has 0 aliphatic rings. The molecule has 0 heterocycles. The maximum absolute atomic E-state index is 11.4. The van der Waals surface area contributed by atoms with Crippen molar-refractivity contribution >= 4 is 23.2 Å². The topological polar surface area (TPSA) is 82.6 Å². The molecule has 0 atom stereocenters. The first-order valence-electron chi connectivity index (χ1n) is 6.96. The molecule has 0 aliphatic heterocycles. The van der Waals surface area contributed by atoms with Crippen molar-refractivity contribution < 1.29 is 45.4 Å². The van der Waals surface area contributed by atoms with Gasteiger partial charge in [-0.25, -0.2) is 4.79 Å². The van der Waals surface area contributed by atoms with Gasteiger partial charge in [0.05, 0.1) is 12.7 Å². The molecule has 0 radical (unpaired) electrons. The first-order valence-corrected chi connectivity index (χ1v) is 6.96. The molecule has 1 amide bonds. The second kappa shape index (κ2) is 10.9. The maximum atomic E-state index is 11.4. The van der Waals surface area contributed by atoms with Crippen LogP contribution < -0.4 is 41.2 Å². The van der Waals surface area contributed by atoms with E-state index in [4.69, 9.17) is 4.74 Å². The van der Waals surface area contributed by atoms with Crippen LogP contribution in [0.4, 0.5) is 21.9 Å². The van der Waals surface area contributed by atoms with Gasteiger partial charge >= 0.3 is 6.09 Å². The summed E-state index contributed by atoms with van der Waals surface area (Å²) < 4.78 is 4.85. The Morgan fingerprint density at radius 2 is 1.87 bits per heavy atom. The highest BCUT2D eigenvalue weighted by molar-refractivity contribution is 5.88. The molecule has 0 saturated heterocycles. The number of anilines is 1. The number of ether oxygens (including phenoxy) is 1. The molecule has 5 nitrogen and oxygen atoms in total. The molecule has 0 fully saturated rings. The normalized spacial score (nSPS) is 9.30. The number of nitrogens with one attached hydrogen (secondary N) is 1. The zero-order chi connectivity index (χ0) is 15.1. The Hall–Kier alpha value is -1.79. The third-order valence-electron chi connectivity index (χ3n) is 3.06. The lowest BCUT2D eigenvalue weighted by Crippen LogP contribution is -3.00. The Bertz CT molecular complexity index is 610. The van der Waals surface area contributed by atoms with Gasteiger partial charge in [-0.05, 0) is 13.0 Å². The molecule has 0 unspecified atom stereocenters. The average Bonchev–Trinajstić information content (AvgIpc) is 2.49. The molecule has 0 aromatic heterocycles. The summed E-state index contributed by atoms with van der Waals surface area (Å²) in [7, 11) is 0. The summed E-state index contributed by atoms with van der Waals surface area (Å²) in [6.45, 7) is 2.98.